The molecule has 3 aliphatic rings. The predicted octanol–water partition coefficient (Wildman–Crippen LogP) is 5.32. The van der Waals surface area contributed by atoms with Gasteiger partial charge in [-0.15, -0.1) is 0 Å². The summed E-state index contributed by atoms with van der Waals surface area (Å²) in [5, 5.41) is 16.8. The number of rotatable bonds is 10. The lowest BCUT2D eigenvalue weighted by molar-refractivity contribution is -0.155. The number of aromatic hydroxyl groups is 1. The number of likely N-dealkylation sites (tertiary alicyclic amines) is 1. The molecule has 5 heterocycles. The number of nitrogens with one attached hydrogen (secondary N) is 2. The first-order valence-corrected chi connectivity index (χ1v) is 23.2. The van der Waals surface area contributed by atoms with Crippen molar-refractivity contribution in [3.8, 4) is 28.1 Å². The van der Waals surface area contributed by atoms with Crippen molar-refractivity contribution in [2.75, 3.05) is 47.4 Å². The summed E-state index contributed by atoms with van der Waals surface area (Å²) in [6.07, 6.45) is 6.98. The molecule has 3 aliphatic heterocycles. The van der Waals surface area contributed by atoms with E-state index in [1.807, 2.05) is 52.5 Å². The summed E-state index contributed by atoms with van der Waals surface area (Å²) in [5.74, 6) is -2.82. The first-order valence-electron chi connectivity index (χ1n) is 23.2. The topological polar surface area (TPSA) is 170 Å². The number of nitrogens with zero attached hydrogens (tertiary/aromatic N) is 6. The molecule has 4 aromatic rings. The highest BCUT2D eigenvalue weighted by Gasteiger charge is 2.40. The van der Waals surface area contributed by atoms with Crippen LogP contribution in [0.3, 0.4) is 0 Å². The van der Waals surface area contributed by atoms with E-state index in [0.717, 1.165) is 44.4 Å². The SMILES string of the molecule is C=CC(=O)N1CC[C@H](C(=O)N(C)[C@H](C(=O)N[C@H]2Cc3cc(O)cc(c3)-c3ccc4c(c3)c(c(-c3ccncc3CN(C)C)n4CC)CC(C)(C)COC(=O)[C@@H]3CCCN(N3)C2=O)C(C)C)C1. The average molecular weight is 903 g/mol. The van der Waals surface area contributed by atoms with Crippen LogP contribution in [0.15, 0.2) is 67.5 Å². The maximum atomic E-state index is 14.7. The van der Waals surface area contributed by atoms with Crippen molar-refractivity contribution in [3.05, 3.63) is 84.2 Å². The largest absolute Gasteiger partial charge is 0.508 e. The van der Waals surface area contributed by atoms with E-state index >= 15 is 0 Å². The Kier molecular flexibility index (Phi) is 14.4. The summed E-state index contributed by atoms with van der Waals surface area (Å²) >= 11 is 0. The number of cyclic esters (lactones) is 1. The summed E-state index contributed by atoms with van der Waals surface area (Å²) in [6, 6.07) is 10.7. The van der Waals surface area contributed by atoms with Crippen LogP contribution in [0.1, 0.15) is 70.6 Å². The Hall–Kier alpha value is -6.06. The molecule has 15 nitrogen and oxygen atoms in total. The molecule has 2 fully saturated rings. The molecular weight excluding hydrogens is 837 g/mol. The minimum atomic E-state index is -1.16. The van der Waals surface area contributed by atoms with Gasteiger partial charge >= 0.3 is 5.97 Å². The number of hydrogen-bond acceptors (Lipinski definition) is 10. The Morgan fingerprint density at radius 2 is 1.83 bits per heavy atom. The van der Waals surface area contributed by atoms with E-state index in [9.17, 15) is 29.1 Å². The molecule has 4 amide bonds. The number of ether oxygens (including phenoxy) is 1. The number of aromatic nitrogens is 2. The summed E-state index contributed by atoms with van der Waals surface area (Å²) in [4.78, 5) is 79.0. The number of fused-ring (bicyclic) bond motifs is 6. The van der Waals surface area contributed by atoms with E-state index in [1.165, 1.54) is 16.0 Å². The minimum Gasteiger partial charge on any atom is -0.508 e. The summed E-state index contributed by atoms with van der Waals surface area (Å²) in [5.41, 5.74) is 10.2. The van der Waals surface area contributed by atoms with Crippen molar-refractivity contribution in [2.24, 2.45) is 17.3 Å². The molecule has 0 spiro atoms. The summed E-state index contributed by atoms with van der Waals surface area (Å²) in [7, 11) is 5.66. The van der Waals surface area contributed by atoms with Crippen LogP contribution in [0, 0.1) is 17.3 Å². The van der Waals surface area contributed by atoms with Gasteiger partial charge < -0.3 is 34.4 Å². The monoisotopic (exact) mass is 903 g/mol. The number of phenolic OH excluding ortho intramolecular Hbond substituents is 1. The third-order valence-corrected chi connectivity index (χ3v) is 13.2. The van der Waals surface area contributed by atoms with Crippen molar-refractivity contribution < 1.29 is 33.8 Å². The molecular formula is C51H66N8O7. The van der Waals surface area contributed by atoms with E-state index in [0.29, 0.717) is 50.9 Å². The third kappa shape index (κ3) is 10.2. The number of hydrazine groups is 1. The Morgan fingerprint density at radius 1 is 1.06 bits per heavy atom. The van der Waals surface area contributed by atoms with Crippen molar-refractivity contribution >= 4 is 40.5 Å². The van der Waals surface area contributed by atoms with Crippen molar-refractivity contribution in [1.82, 2.24) is 40.0 Å². The number of carbonyl (C=O) groups excluding carboxylic acids is 5. The van der Waals surface area contributed by atoms with Crippen LogP contribution < -0.4 is 10.7 Å². The van der Waals surface area contributed by atoms with Crippen LogP contribution in [-0.2, 0) is 54.6 Å². The quantitative estimate of drug-likeness (QED) is 0.140. The van der Waals surface area contributed by atoms with Crippen LogP contribution in [0.4, 0.5) is 0 Å². The zero-order valence-corrected chi connectivity index (χ0v) is 39.7. The number of esters is 1. The highest BCUT2D eigenvalue weighted by atomic mass is 16.5. The van der Waals surface area contributed by atoms with Crippen molar-refractivity contribution in [3.63, 3.8) is 0 Å². The number of likely N-dealkylation sites (N-methyl/N-ethyl adjacent to an activating group) is 1. The van der Waals surface area contributed by atoms with E-state index in [-0.39, 0.29) is 49.6 Å². The molecule has 0 radical (unpaired) electrons. The molecule has 4 atom stereocenters. The molecule has 2 saturated heterocycles. The highest BCUT2D eigenvalue weighted by Crippen LogP contribution is 2.41. The lowest BCUT2D eigenvalue weighted by Gasteiger charge is -2.37. The fourth-order valence-electron chi connectivity index (χ4n) is 10.0. The van der Waals surface area contributed by atoms with Gasteiger partial charge in [-0.2, -0.15) is 0 Å². The van der Waals surface area contributed by atoms with Crippen molar-refractivity contribution in [2.45, 2.75) is 97.9 Å². The third-order valence-electron chi connectivity index (χ3n) is 13.2. The second-order valence-corrected chi connectivity index (χ2v) is 19.6. The number of hydrogen-bond donors (Lipinski definition) is 3. The van der Waals surface area contributed by atoms with Gasteiger partial charge in [0.1, 0.15) is 23.9 Å². The smallest absolute Gasteiger partial charge is 0.324 e. The fourth-order valence-corrected chi connectivity index (χ4v) is 10.0. The van der Waals surface area contributed by atoms with Gasteiger partial charge in [-0.25, -0.2) is 5.43 Å². The zero-order valence-electron chi connectivity index (χ0n) is 39.7. The Labute approximate surface area is 388 Å². The molecule has 2 aromatic heterocycles. The Balaban J connectivity index is 1.31. The molecule has 0 unspecified atom stereocenters. The molecule has 3 N–H and O–H groups in total. The standard InChI is InChI=1S/C51H66N8O7/c1-10-44(61)57-20-17-34(29-57)48(63)56(9)45(31(3)4)47(62)53-42-23-32-21-35(24-37(60)22-32)33-14-15-43-39(25-33)40(46(58(43)11-2)38-16-18-52-27-36(38)28-55(7)8)26-51(5,6)30-66-50(65)41-13-12-19-59(54-41)49(42)64/h10,14-16,18,21-22,24-25,27,31,34,41-42,45,54,60H,1,11-13,17,19-20,23,26,28-30H2,2-9H3,(H,53,62)/t34-,41-,42-,45-/m0/s1. The molecule has 7 rings (SSSR count). The molecule has 0 aliphatic carbocycles. The first kappa shape index (κ1) is 47.9. The Bertz CT molecular complexity index is 2510. The number of aryl methyl sites for hydroxylation is 1. The highest BCUT2D eigenvalue weighted by molar-refractivity contribution is 5.96. The maximum Gasteiger partial charge on any atom is 0.324 e. The van der Waals surface area contributed by atoms with Gasteiger partial charge in [-0.3, -0.25) is 34.0 Å². The lowest BCUT2D eigenvalue weighted by atomic mass is 9.84. The van der Waals surface area contributed by atoms with Crippen LogP contribution in [0.5, 0.6) is 5.75 Å². The minimum absolute atomic E-state index is 0.00218. The second kappa shape index (κ2) is 19.8. The zero-order chi connectivity index (χ0) is 47.6. The van der Waals surface area contributed by atoms with Gasteiger partial charge in [-0.05, 0) is 117 Å². The predicted molar refractivity (Wildman–Crippen MR) is 254 cm³/mol. The summed E-state index contributed by atoms with van der Waals surface area (Å²) in [6.45, 7) is 16.0. The van der Waals surface area contributed by atoms with Gasteiger partial charge in [0.05, 0.1) is 18.2 Å². The van der Waals surface area contributed by atoms with Gasteiger partial charge in [0.2, 0.25) is 17.7 Å². The second-order valence-electron chi connectivity index (χ2n) is 19.6. The van der Waals surface area contributed by atoms with Crippen molar-refractivity contribution in [1.29, 1.82) is 0 Å². The number of benzene rings is 2. The fraction of sp³-hybridized carbons (Fsp3) is 0.490. The summed E-state index contributed by atoms with van der Waals surface area (Å²) < 4.78 is 8.45. The van der Waals surface area contributed by atoms with E-state index in [2.05, 4.69) is 70.7 Å². The van der Waals surface area contributed by atoms with Crippen LogP contribution >= 0.6 is 0 Å². The Morgan fingerprint density at radius 3 is 2.55 bits per heavy atom. The van der Waals surface area contributed by atoms with E-state index in [1.54, 1.807) is 24.1 Å². The molecule has 15 heteroatoms. The normalized spacial score (nSPS) is 20.5. The van der Waals surface area contributed by atoms with Crippen LogP contribution in [-0.4, -0.2) is 129 Å². The molecule has 66 heavy (non-hydrogen) atoms. The van der Waals surface area contributed by atoms with Gasteiger partial charge in [0.15, 0.2) is 0 Å². The van der Waals surface area contributed by atoms with Gasteiger partial charge in [-0.1, -0.05) is 46.4 Å². The number of pyridine rings is 1. The molecule has 0 saturated carbocycles. The number of amides is 4. The molecule has 352 valence electrons. The number of phenols is 1. The molecule has 2 aromatic carbocycles. The van der Waals surface area contributed by atoms with E-state index in [4.69, 9.17) is 4.74 Å². The molecule has 6 bridgehead atoms. The number of carbonyl (C=O) groups is 5. The first-order chi connectivity index (χ1) is 31.4. The lowest BCUT2D eigenvalue weighted by Crippen LogP contribution is -2.62. The van der Waals surface area contributed by atoms with Gasteiger partial charge in [0.25, 0.3) is 5.91 Å². The van der Waals surface area contributed by atoms with Gasteiger partial charge in [0, 0.05) is 80.5 Å². The van der Waals surface area contributed by atoms with Crippen LogP contribution in [0.2, 0.25) is 0 Å². The average Bonchev–Trinajstić information content (AvgIpc) is 3.89. The maximum absolute atomic E-state index is 14.7. The van der Waals surface area contributed by atoms with Crippen LogP contribution in [0.25, 0.3) is 33.3 Å². The van der Waals surface area contributed by atoms with E-state index < -0.39 is 47.2 Å².